The van der Waals surface area contributed by atoms with Crippen molar-refractivity contribution in [2.24, 2.45) is 0 Å². The fourth-order valence-corrected chi connectivity index (χ4v) is 2.92. The fraction of sp³-hybridized carbons (Fsp3) is 0.647. The number of aryl methyl sites for hydroxylation is 1. The molecular weight excluding hydrogens is 232 g/mol. The van der Waals surface area contributed by atoms with Crippen molar-refractivity contribution in [3.63, 3.8) is 0 Å². The summed E-state index contributed by atoms with van der Waals surface area (Å²) in [6.07, 6.45) is 3.67. The van der Waals surface area contributed by atoms with Gasteiger partial charge >= 0.3 is 0 Å². The molecule has 19 heavy (non-hydrogen) atoms. The van der Waals surface area contributed by atoms with Gasteiger partial charge in [-0.15, -0.1) is 0 Å². The number of hydrogen-bond donors (Lipinski definition) is 1. The molecule has 2 unspecified atom stereocenters. The maximum atomic E-state index is 3.49. The van der Waals surface area contributed by atoms with E-state index in [-0.39, 0.29) is 0 Å². The Morgan fingerprint density at radius 3 is 2.42 bits per heavy atom. The minimum atomic E-state index is 0.587. The van der Waals surface area contributed by atoms with E-state index in [9.17, 15) is 0 Å². The van der Waals surface area contributed by atoms with E-state index in [0.29, 0.717) is 12.1 Å². The quantitative estimate of drug-likeness (QED) is 0.770. The second-order valence-corrected chi connectivity index (χ2v) is 5.50. The summed E-state index contributed by atoms with van der Waals surface area (Å²) in [5, 5.41) is 3.49. The Hall–Kier alpha value is -0.860. The molecule has 2 nitrogen and oxygen atoms in total. The minimum Gasteiger partial charge on any atom is -0.315 e. The monoisotopic (exact) mass is 262 g/mol. The maximum Gasteiger partial charge on any atom is 0.0247 e. The van der Waals surface area contributed by atoms with Gasteiger partial charge in [-0.05, 0) is 45.0 Å². The van der Waals surface area contributed by atoms with Gasteiger partial charge in [0.05, 0.1) is 0 Å². The van der Waals surface area contributed by atoms with Gasteiger partial charge in [0.1, 0.15) is 0 Å². The van der Waals surface area contributed by atoms with Crippen LogP contribution in [0.25, 0.3) is 0 Å². The number of nitrogens with one attached hydrogen (secondary N) is 1. The molecule has 0 saturated carbocycles. The van der Waals surface area contributed by atoms with Gasteiger partial charge in [0.15, 0.2) is 0 Å². The zero-order valence-electron chi connectivity index (χ0n) is 13.2. The van der Waals surface area contributed by atoms with Gasteiger partial charge in [0.25, 0.3) is 0 Å². The van der Waals surface area contributed by atoms with Gasteiger partial charge < -0.3 is 5.32 Å². The second kappa shape index (κ2) is 8.34. The van der Waals surface area contributed by atoms with Gasteiger partial charge in [-0.25, -0.2) is 0 Å². The van der Waals surface area contributed by atoms with Crippen LogP contribution in [0.5, 0.6) is 0 Å². The molecule has 0 aliphatic heterocycles. The lowest BCUT2D eigenvalue weighted by Gasteiger charge is -2.34. The average Bonchev–Trinajstić information content (AvgIpc) is 2.41. The second-order valence-electron chi connectivity index (χ2n) is 5.50. The highest BCUT2D eigenvalue weighted by atomic mass is 15.2. The van der Waals surface area contributed by atoms with Crippen LogP contribution in [0.4, 0.5) is 0 Å². The van der Waals surface area contributed by atoms with Crippen LogP contribution < -0.4 is 5.32 Å². The smallest absolute Gasteiger partial charge is 0.0247 e. The highest BCUT2D eigenvalue weighted by Crippen LogP contribution is 2.16. The van der Waals surface area contributed by atoms with E-state index in [4.69, 9.17) is 0 Å². The van der Waals surface area contributed by atoms with E-state index in [1.807, 2.05) is 0 Å². The maximum absolute atomic E-state index is 3.49. The zero-order valence-corrected chi connectivity index (χ0v) is 13.2. The first kappa shape index (κ1) is 16.2. The summed E-state index contributed by atoms with van der Waals surface area (Å²) in [5.74, 6) is 0. The van der Waals surface area contributed by atoms with Crippen LogP contribution in [-0.4, -0.2) is 31.1 Å². The van der Waals surface area contributed by atoms with Gasteiger partial charge in [-0.3, -0.25) is 4.90 Å². The Morgan fingerprint density at radius 2 is 1.89 bits per heavy atom. The summed E-state index contributed by atoms with van der Waals surface area (Å²) in [4.78, 5) is 2.50. The molecule has 0 fully saturated rings. The summed E-state index contributed by atoms with van der Waals surface area (Å²) >= 11 is 0. The van der Waals surface area contributed by atoms with Crippen molar-refractivity contribution >= 4 is 0 Å². The lowest BCUT2D eigenvalue weighted by molar-refractivity contribution is 0.176. The molecule has 0 saturated heterocycles. The lowest BCUT2D eigenvalue weighted by atomic mass is 9.98. The highest BCUT2D eigenvalue weighted by Gasteiger charge is 2.22. The largest absolute Gasteiger partial charge is 0.315 e. The van der Waals surface area contributed by atoms with Crippen LogP contribution in [0.3, 0.4) is 0 Å². The normalized spacial score (nSPS) is 14.6. The molecule has 0 aliphatic carbocycles. The lowest BCUT2D eigenvalue weighted by Crippen LogP contribution is -2.46. The molecular formula is C17H30N2. The Morgan fingerprint density at radius 1 is 1.21 bits per heavy atom. The van der Waals surface area contributed by atoms with Gasteiger partial charge in [0.2, 0.25) is 0 Å². The molecule has 2 atom stereocenters. The van der Waals surface area contributed by atoms with Crippen molar-refractivity contribution in [3.05, 3.63) is 35.4 Å². The molecule has 1 N–H and O–H groups in total. The molecule has 2 heteroatoms. The molecule has 0 radical (unpaired) electrons. The fourth-order valence-electron chi connectivity index (χ4n) is 2.92. The molecule has 1 aromatic rings. The van der Waals surface area contributed by atoms with Crippen LogP contribution in [0.15, 0.2) is 24.3 Å². The Bertz CT molecular complexity index is 362. The molecule has 0 aromatic heterocycles. The number of hydrogen-bond acceptors (Lipinski definition) is 2. The molecule has 0 amide bonds. The van der Waals surface area contributed by atoms with Crippen molar-refractivity contribution < 1.29 is 0 Å². The van der Waals surface area contributed by atoms with Crippen molar-refractivity contribution in [2.45, 2.75) is 58.7 Å². The minimum absolute atomic E-state index is 0.587. The molecule has 1 rings (SSSR count). The summed E-state index contributed by atoms with van der Waals surface area (Å²) in [7, 11) is 4.34. The Labute approximate surface area is 119 Å². The Kier molecular flexibility index (Phi) is 7.11. The highest BCUT2D eigenvalue weighted by molar-refractivity contribution is 5.25. The predicted molar refractivity (Wildman–Crippen MR) is 84.5 cm³/mol. The van der Waals surface area contributed by atoms with Gasteiger partial charge in [-0.2, -0.15) is 0 Å². The molecule has 0 aliphatic rings. The average molecular weight is 262 g/mol. The predicted octanol–water partition coefficient (Wildman–Crippen LogP) is 3.59. The van der Waals surface area contributed by atoms with Crippen molar-refractivity contribution in [1.29, 1.82) is 0 Å². The van der Waals surface area contributed by atoms with E-state index < -0.39 is 0 Å². The van der Waals surface area contributed by atoms with Crippen LogP contribution in [0.2, 0.25) is 0 Å². The Balaban J connectivity index is 2.73. The SMILES string of the molecule is CCCC(NC)C(CC)N(C)Cc1ccccc1C. The van der Waals surface area contributed by atoms with E-state index in [1.54, 1.807) is 0 Å². The van der Waals surface area contributed by atoms with Crippen LogP contribution in [0, 0.1) is 6.92 Å². The van der Waals surface area contributed by atoms with Crippen LogP contribution in [-0.2, 0) is 6.54 Å². The van der Waals surface area contributed by atoms with Crippen molar-refractivity contribution in [3.8, 4) is 0 Å². The third kappa shape index (κ3) is 4.63. The number of rotatable bonds is 8. The van der Waals surface area contributed by atoms with E-state index >= 15 is 0 Å². The molecule has 0 heterocycles. The molecule has 0 bridgehead atoms. The van der Waals surface area contributed by atoms with Crippen molar-refractivity contribution in [2.75, 3.05) is 14.1 Å². The van der Waals surface area contributed by atoms with Gasteiger partial charge in [0, 0.05) is 18.6 Å². The van der Waals surface area contributed by atoms with Crippen LogP contribution >= 0.6 is 0 Å². The van der Waals surface area contributed by atoms with E-state index in [1.165, 1.54) is 30.4 Å². The standard InChI is InChI=1S/C17H30N2/c1-6-10-16(18-4)17(7-2)19(5)13-15-12-9-8-11-14(15)3/h8-9,11-12,16-18H,6-7,10,13H2,1-5H3. The van der Waals surface area contributed by atoms with Crippen molar-refractivity contribution in [1.82, 2.24) is 10.2 Å². The summed E-state index contributed by atoms with van der Waals surface area (Å²) in [6.45, 7) is 7.79. The zero-order chi connectivity index (χ0) is 14.3. The van der Waals surface area contributed by atoms with Gasteiger partial charge in [-0.1, -0.05) is 44.5 Å². The van der Waals surface area contributed by atoms with E-state index in [0.717, 1.165) is 6.54 Å². The third-order valence-corrected chi connectivity index (χ3v) is 4.10. The number of likely N-dealkylation sites (N-methyl/N-ethyl adjacent to an activating group) is 2. The first-order valence-corrected chi connectivity index (χ1v) is 7.56. The molecule has 108 valence electrons. The first-order chi connectivity index (χ1) is 9.13. The van der Waals surface area contributed by atoms with E-state index in [2.05, 4.69) is 69.3 Å². The number of benzene rings is 1. The molecule has 0 spiro atoms. The first-order valence-electron chi connectivity index (χ1n) is 7.56. The summed E-state index contributed by atoms with van der Waals surface area (Å²) in [5.41, 5.74) is 2.83. The van der Waals surface area contributed by atoms with Crippen LogP contribution in [0.1, 0.15) is 44.2 Å². The topological polar surface area (TPSA) is 15.3 Å². The summed E-state index contributed by atoms with van der Waals surface area (Å²) < 4.78 is 0. The third-order valence-electron chi connectivity index (χ3n) is 4.10. The molecule has 1 aromatic carbocycles. The summed E-state index contributed by atoms with van der Waals surface area (Å²) in [6, 6.07) is 9.88. The number of nitrogens with zero attached hydrogens (tertiary/aromatic N) is 1.